The van der Waals surface area contributed by atoms with E-state index in [1.165, 1.54) is 20.3 Å². The maximum absolute atomic E-state index is 11.4. The van der Waals surface area contributed by atoms with E-state index in [9.17, 15) is 14.7 Å². The monoisotopic (exact) mass is 214 g/mol. The van der Waals surface area contributed by atoms with Gasteiger partial charge in [0.2, 0.25) is 0 Å². The molecule has 0 aromatic heterocycles. The van der Waals surface area contributed by atoms with Gasteiger partial charge in [0.15, 0.2) is 0 Å². The Bertz CT molecular complexity index is 284. The van der Waals surface area contributed by atoms with Gasteiger partial charge in [0, 0.05) is 0 Å². The summed E-state index contributed by atoms with van der Waals surface area (Å²) >= 11 is 0. The number of aliphatic hydroxyl groups excluding tert-OH is 1. The lowest BCUT2D eigenvalue weighted by Gasteiger charge is -2.27. The van der Waals surface area contributed by atoms with Crippen LogP contribution in [0.15, 0.2) is 12.2 Å². The summed E-state index contributed by atoms with van der Waals surface area (Å²) in [6, 6.07) is 0. The zero-order chi connectivity index (χ0) is 11.4. The summed E-state index contributed by atoms with van der Waals surface area (Å²) in [4.78, 5) is 22.8. The van der Waals surface area contributed by atoms with Crippen molar-refractivity contribution < 1.29 is 24.2 Å². The predicted octanol–water partition coefficient (Wildman–Crippen LogP) is -0.114. The molecule has 0 saturated heterocycles. The number of allylic oxidation sites excluding steroid dienone is 1. The van der Waals surface area contributed by atoms with E-state index in [-0.39, 0.29) is 0 Å². The van der Waals surface area contributed by atoms with Crippen molar-refractivity contribution in [3.8, 4) is 0 Å². The maximum Gasteiger partial charge on any atom is 0.312 e. The van der Waals surface area contributed by atoms with E-state index in [2.05, 4.69) is 9.47 Å². The number of ether oxygens (including phenoxy) is 2. The first-order chi connectivity index (χ1) is 7.11. The molecule has 0 heterocycles. The van der Waals surface area contributed by atoms with Crippen molar-refractivity contribution in [1.29, 1.82) is 0 Å². The van der Waals surface area contributed by atoms with Gasteiger partial charge in [0.05, 0.1) is 32.2 Å². The molecular formula is C10H14O5. The van der Waals surface area contributed by atoms with Crippen LogP contribution in [0.4, 0.5) is 0 Å². The molecule has 0 aromatic carbocycles. The maximum atomic E-state index is 11.4. The molecule has 5 heteroatoms. The number of hydrogen-bond donors (Lipinski definition) is 1. The molecule has 1 aliphatic carbocycles. The van der Waals surface area contributed by atoms with E-state index >= 15 is 0 Å². The fourth-order valence-electron chi connectivity index (χ4n) is 1.70. The van der Waals surface area contributed by atoms with Crippen LogP contribution in [0.3, 0.4) is 0 Å². The lowest BCUT2D eigenvalue weighted by atomic mass is 9.81. The number of carbonyl (C=O) groups excluding carboxylic acids is 2. The first-order valence-corrected chi connectivity index (χ1v) is 4.62. The van der Waals surface area contributed by atoms with Gasteiger partial charge in [0.1, 0.15) is 0 Å². The van der Waals surface area contributed by atoms with Crippen molar-refractivity contribution in [2.45, 2.75) is 12.5 Å². The van der Waals surface area contributed by atoms with Crippen molar-refractivity contribution in [3.05, 3.63) is 12.2 Å². The standard InChI is InChI=1S/C10H14O5/c1-14-9(12)6-4-3-5-7(11)8(6)10(13)15-2/h3,5-8,11H,4H2,1-2H3/t6-,7-,8+/m0/s1. The van der Waals surface area contributed by atoms with Gasteiger partial charge in [0.25, 0.3) is 0 Å². The number of carbonyl (C=O) groups is 2. The average molecular weight is 214 g/mol. The van der Waals surface area contributed by atoms with Crippen LogP contribution in [0.25, 0.3) is 0 Å². The van der Waals surface area contributed by atoms with E-state index < -0.39 is 29.9 Å². The largest absolute Gasteiger partial charge is 0.469 e. The van der Waals surface area contributed by atoms with Gasteiger partial charge in [-0.2, -0.15) is 0 Å². The van der Waals surface area contributed by atoms with Gasteiger partial charge in [-0.05, 0) is 6.42 Å². The number of rotatable bonds is 2. The minimum atomic E-state index is -0.990. The number of hydrogen-bond acceptors (Lipinski definition) is 5. The minimum absolute atomic E-state index is 0.378. The third-order valence-corrected chi connectivity index (χ3v) is 2.50. The molecule has 0 spiro atoms. The van der Waals surface area contributed by atoms with Crippen LogP contribution in [0.5, 0.6) is 0 Å². The highest BCUT2D eigenvalue weighted by molar-refractivity contribution is 5.83. The second kappa shape index (κ2) is 4.93. The molecule has 84 valence electrons. The molecular weight excluding hydrogens is 200 g/mol. The van der Waals surface area contributed by atoms with Crippen molar-refractivity contribution in [2.75, 3.05) is 14.2 Å². The first kappa shape index (κ1) is 11.7. The third-order valence-electron chi connectivity index (χ3n) is 2.50. The fourth-order valence-corrected chi connectivity index (χ4v) is 1.70. The van der Waals surface area contributed by atoms with E-state index in [1.807, 2.05) is 0 Å². The molecule has 5 nitrogen and oxygen atoms in total. The highest BCUT2D eigenvalue weighted by Gasteiger charge is 2.40. The van der Waals surface area contributed by atoms with Crippen LogP contribution in [0.2, 0.25) is 0 Å². The zero-order valence-corrected chi connectivity index (χ0v) is 8.67. The van der Waals surface area contributed by atoms with Gasteiger partial charge >= 0.3 is 11.9 Å². The Morgan fingerprint density at radius 1 is 1.27 bits per heavy atom. The summed E-state index contributed by atoms with van der Waals surface area (Å²) in [5.74, 6) is -2.63. The quantitative estimate of drug-likeness (QED) is 0.512. The van der Waals surface area contributed by atoms with E-state index in [0.717, 1.165) is 0 Å². The van der Waals surface area contributed by atoms with Gasteiger partial charge in [-0.3, -0.25) is 9.59 Å². The Morgan fingerprint density at radius 2 is 1.87 bits per heavy atom. The number of esters is 2. The molecule has 0 aliphatic heterocycles. The molecule has 1 rings (SSSR count). The SMILES string of the molecule is COC(=O)[C@@H]1[C@@H](C(=O)OC)CC=C[C@@H]1O. The van der Waals surface area contributed by atoms with E-state index in [1.54, 1.807) is 6.08 Å². The molecule has 0 unspecified atom stereocenters. The minimum Gasteiger partial charge on any atom is -0.469 e. The molecule has 0 bridgehead atoms. The molecule has 0 saturated carbocycles. The predicted molar refractivity (Wildman–Crippen MR) is 50.8 cm³/mol. The van der Waals surface area contributed by atoms with Gasteiger partial charge in [-0.25, -0.2) is 0 Å². The summed E-state index contributed by atoms with van der Waals surface area (Å²) < 4.78 is 9.12. The van der Waals surface area contributed by atoms with Crippen LogP contribution in [-0.2, 0) is 19.1 Å². The van der Waals surface area contributed by atoms with Crippen LogP contribution in [-0.4, -0.2) is 37.4 Å². The zero-order valence-electron chi connectivity index (χ0n) is 8.67. The Kier molecular flexibility index (Phi) is 3.85. The number of methoxy groups -OCH3 is 2. The van der Waals surface area contributed by atoms with Gasteiger partial charge in [-0.1, -0.05) is 12.2 Å². The lowest BCUT2D eigenvalue weighted by molar-refractivity contribution is -0.161. The van der Waals surface area contributed by atoms with Crippen LogP contribution >= 0.6 is 0 Å². The molecule has 3 atom stereocenters. The topological polar surface area (TPSA) is 72.8 Å². The second-order valence-corrected chi connectivity index (χ2v) is 3.33. The average Bonchev–Trinajstić information content (AvgIpc) is 2.26. The van der Waals surface area contributed by atoms with E-state index in [4.69, 9.17) is 0 Å². The molecule has 0 amide bonds. The van der Waals surface area contributed by atoms with Gasteiger partial charge in [-0.15, -0.1) is 0 Å². The summed E-state index contributed by atoms with van der Waals surface area (Å²) in [6.45, 7) is 0. The van der Waals surface area contributed by atoms with Crippen molar-refractivity contribution in [3.63, 3.8) is 0 Å². The Balaban J connectivity index is 2.89. The molecule has 0 radical (unpaired) electrons. The first-order valence-electron chi connectivity index (χ1n) is 4.62. The van der Waals surface area contributed by atoms with E-state index in [0.29, 0.717) is 6.42 Å². The van der Waals surface area contributed by atoms with Crippen molar-refractivity contribution in [1.82, 2.24) is 0 Å². The second-order valence-electron chi connectivity index (χ2n) is 3.33. The molecule has 0 fully saturated rings. The fraction of sp³-hybridized carbons (Fsp3) is 0.600. The molecule has 0 aromatic rings. The summed E-state index contributed by atoms with van der Waals surface area (Å²) in [5.41, 5.74) is 0. The third kappa shape index (κ3) is 2.36. The van der Waals surface area contributed by atoms with Crippen LogP contribution in [0.1, 0.15) is 6.42 Å². The Morgan fingerprint density at radius 3 is 2.40 bits per heavy atom. The smallest absolute Gasteiger partial charge is 0.312 e. The highest BCUT2D eigenvalue weighted by Crippen LogP contribution is 2.28. The molecule has 1 N–H and O–H groups in total. The normalized spacial score (nSPS) is 29.7. The summed E-state index contributed by atoms with van der Waals surface area (Å²) in [6.07, 6.45) is 2.53. The van der Waals surface area contributed by atoms with Crippen LogP contribution in [0, 0.1) is 11.8 Å². The van der Waals surface area contributed by atoms with Crippen molar-refractivity contribution >= 4 is 11.9 Å². The lowest BCUT2D eigenvalue weighted by Crippen LogP contribution is -2.40. The van der Waals surface area contributed by atoms with Gasteiger partial charge < -0.3 is 14.6 Å². The molecule has 1 aliphatic rings. The summed E-state index contributed by atoms with van der Waals surface area (Å²) in [5, 5.41) is 9.59. The number of aliphatic hydroxyl groups is 1. The Hall–Kier alpha value is -1.36. The molecule has 15 heavy (non-hydrogen) atoms. The van der Waals surface area contributed by atoms with Crippen molar-refractivity contribution in [2.24, 2.45) is 11.8 Å². The summed E-state index contributed by atoms with van der Waals surface area (Å²) in [7, 11) is 2.48. The Labute approximate surface area is 87.7 Å². The highest BCUT2D eigenvalue weighted by atomic mass is 16.5. The van der Waals surface area contributed by atoms with Crippen LogP contribution < -0.4 is 0 Å².